The van der Waals surface area contributed by atoms with Gasteiger partial charge in [0.15, 0.2) is 5.52 Å². The molecule has 2 aromatic rings. The van der Waals surface area contributed by atoms with Crippen molar-refractivity contribution >= 4 is 16.7 Å². The van der Waals surface area contributed by atoms with Gasteiger partial charge in [-0.2, -0.15) is 0 Å². The molecule has 4 aliphatic carbocycles. The van der Waals surface area contributed by atoms with Crippen molar-refractivity contribution in [2.45, 2.75) is 117 Å². The van der Waals surface area contributed by atoms with Gasteiger partial charge in [-0.05, 0) is 134 Å². The van der Waals surface area contributed by atoms with E-state index in [0.717, 1.165) is 64.7 Å². The minimum Gasteiger partial charge on any atom is -0.393 e. The highest BCUT2D eigenvalue weighted by Crippen LogP contribution is 2.67. The number of aryl methyl sites for hydroxylation is 1. The lowest BCUT2D eigenvalue weighted by atomic mass is 9.47. The van der Waals surface area contributed by atoms with Crippen LogP contribution in [0.15, 0.2) is 28.4 Å². The largest absolute Gasteiger partial charge is 0.393 e. The van der Waals surface area contributed by atoms with E-state index in [1.54, 1.807) is 5.57 Å². The number of nitrogens with zero attached hydrogens (tertiary/aromatic N) is 3. The number of allylic oxidation sites excluding steroid dienone is 1. The summed E-state index contributed by atoms with van der Waals surface area (Å²) in [5.74, 6) is 4.23. The SMILES string of the molecule is Cc1ccc(N(C)C(C)CCC[C@@H](C)[C@H]2CC[C@H]3[C@@H]4CC=C5C[C@@H](O)CC[C@]5(C)[C@H]4CC[C@]23C)c2nonc12. The van der Waals surface area contributed by atoms with Crippen LogP contribution in [0.5, 0.6) is 0 Å². The van der Waals surface area contributed by atoms with E-state index in [1.807, 2.05) is 0 Å². The van der Waals surface area contributed by atoms with Crippen LogP contribution in [0.25, 0.3) is 11.0 Å². The molecule has 214 valence electrons. The van der Waals surface area contributed by atoms with Crippen molar-refractivity contribution in [1.29, 1.82) is 0 Å². The Balaban J connectivity index is 1.07. The van der Waals surface area contributed by atoms with Crippen molar-refractivity contribution in [2.24, 2.45) is 40.4 Å². The Hall–Kier alpha value is -1.88. The first-order valence-electron chi connectivity index (χ1n) is 16.0. The third-order valence-electron chi connectivity index (χ3n) is 12.8. The zero-order chi connectivity index (χ0) is 27.5. The lowest BCUT2D eigenvalue weighted by Crippen LogP contribution is -2.50. The second-order valence-electron chi connectivity index (χ2n) is 14.6. The summed E-state index contributed by atoms with van der Waals surface area (Å²) in [5.41, 5.74) is 6.43. The van der Waals surface area contributed by atoms with Gasteiger partial charge in [0, 0.05) is 13.1 Å². The van der Waals surface area contributed by atoms with E-state index in [0.29, 0.717) is 16.9 Å². The molecule has 1 heterocycles. The highest BCUT2D eigenvalue weighted by Gasteiger charge is 2.59. The molecule has 5 nitrogen and oxygen atoms in total. The molecule has 0 radical (unpaired) electrons. The Bertz CT molecular complexity index is 1220. The van der Waals surface area contributed by atoms with Gasteiger partial charge in [0.2, 0.25) is 0 Å². The molecule has 0 saturated heterocycles. The van der Waals surface area contributed by atoms with Crippen molar-refractivity contribution in [1.82, 2.24) is 10.3 Å². The fourth-order valence-corrected chi connectivity index (χ4v) is 10.2. The standard InChI is InChI=1S/C34H51N3O2/c1-21(8-7-9-23(3)37(6)30-15-10-22(2)31-32(30)36-39-35-31)27-13-14-28-26-12-11-24-20-25(38)16-18-33(24,4)29(26)17-19-34(27,28)5/h10-11,15,21,23,25-29,38H,7-9,12-14,16-20H2,1-6H3/t21-,23?,25+,26+,27-,28+,29+,33+,34-/m1/s1. The van der Waals surface area contributed by atoms with Crippen LogP contribution in [-0.2, 0) is 0 Å². The van der Waals surface area contributed by atoms with Gasteiger partial charge in [0.1, 0.15) is 5.52 Å². The van der Waals surface area contributed by atoms with Crippen LogP contribution in [0.4, 0.5) is 5.69 Å². The number of rotatable bonds is 7. The molecule has 39 heavy (non-hydrogen) atoms. The maximum Gasteiger partial charge on any atom is 0.158 e. The summed E-state index contributed by atoms with van der Waals surface area (Å²) in [5, 5.41) is 18.7. The number of hydrogen-bond acceptors (Lipinski definition) is 5. The van der Waals surface area contributed by atoms with E-state index in [9.17, 15) is 5.11 Å². The van der Waals surface area contributed by atoms with Gasteiger partial charge in [-0.15, -0.1) is 0 Å². The zero-order valence-corrected chi connectivity index (χ0v) is 25.2. The first kappa shape index (κ1) is 27.3. The van der Waals surface area contributed by atoms with Gasteiger partial charge in [-0.3, -0.25) is 0 Å². The highest BCUT2D eigenvalue weighted by molar-refractivity contribution is 5.89. The monoisotopic (exact) mass is 533 g/mol. The van der Waals surface area contributed by atoms with Crippen molar-refractivity contribution in [3.05, 3.63) is 29.3 Å². The Morgan fingerprint density at radius 2 is 1.82 bits per heavy atom. The summed E-state index contributed by atoms with van der Waals surface area (Å²) in [6, 6.07) is 4.73. The van der Waals surface area contributed by atoms with Crippen LogP contribution in [0.2, 0.25) is 0 Å². The van der Waals surface area contributed by atoms with Crippen molar-refractivity contribution in [3.63, 3.8) is 0 Å². The molecular formula is C34H51N3O2. The molecular weight excluding hydrogens is 482 g/mol. The zero-order valence-electron chi connectivity index (χ0n) is 25.2. The predicted octanol–water partition coefficient (Wildman–Crippen LogP) is 8.10. The number of aliphatic hydroxyl groups is 1. The number of hydrogen-bond donors (Lipinski definition) is 1. The molecule has 1 aromatic heterocycles. The van der Waals surface area contributed by atoms with Gasteiger partial charge >= 0.3 is 0 Å². The predicted molar refractivity (Wildman–Crippen MR) is 159 cm³/mol. The van der Waals surface area contributed by atoms with Crippen LogP contribution in [0.3, 0.4) is 0 Å². The summed E-state index contributed by atoms with van der Waals surface area (Å²) in [6.07, 6.45) is 16.3. The van der Waals surface area contributed by atoms with Crippen molar-refractivity contribution in [3.8, 4) is 0 Å². The first-order chi connectivity index (χ1) is 18.6. The molecule has 0 spiro atoms. The van der Waals surface area contributed by atoms with E-state index in [1.165, 1.54) is 57.8 Å². The molecule has 1 aromatic carbocycles. The average Bonchev–Trinajstić information content (AvgIpc) is 3.54. The number of benzene rings is 1. The second kappa shape index (κ2) is 10.2. The molecule has 1 N–H and O–H groups in total. The summed E-state index contributed by atoms with van der Waals surface area (Å²) >= 11 is 0. The van der Waals surface area contributed by atoms with E-state index >= 15 is 0 Å². The van der Waals surface area contributed by atoms with Crippen LogP contribution in [-0.4, -0.2) is 34.6 Å². The molecule has 4 aliphatic rings. The van der Waals surface area contributed by atoms with Crippen molar-refractivity contribution < 1.29 is 9.74 Å². The Morgan fingerprint density at radius 1 is 1.03 bits per heavy atom. The molecule has 3 fully saturated rings. The van der Waals surface area contributed by atoms with E-state index in [4.69, 9.17) is 4.63 Å². The fourth-order valence-electron chi connectivity index (χ4n) is 10.2. The summed E-state index contributed by atoms with van der Waals surface area (Å²) in [4.78, 5) is 2.36. The van der Waals surface area contributed by atoms with E-state index in [-0.39, 0.29) is 6.10 Å². The molecule has 0 amide bonds. The molecule has 3 saturated carbocycles. The molecule has 1 unspecified atom stereocenters. The lowest BCUT2D eigenvalue weighted by Gasteiger charge is -2.58. The second-order valence-corrected chi connectivity index (χ2v) is 14.6. The Kier molecular flexibility index (Phi) is 7.13. The number of aliphatic hydroxyl groups excluding tert-OH is 1. The third-order valence-corrected chi connectivity index (χ3v) is 12.8. The van der Waals surface area contributed by atoms with Crippen LogP contribution >= 0.6 is 0 Å². The minimum absolute atomic E-state index is 0.105. The number of anilines is 1. The summed E-state index contributed by atoms with van der Waals surface area (Å²) in [7, 11) is 2.19. The summed E-state index contributed by atoms with van der Waals surface area (Å²) in [6.45, 7) is 12.2. The fraction of sp³-hybridized carbons (Fsp3) is 0.765. The first-order valence-corrected chi connectivity index (χ1v) is 16.0. The maximum absolute atomic E-state index is 10.3. The van der Waals surface area contributed by atoms with Gasteiger partial charge in [0.05, 0.1) is 11.8 Å². The average molecular weight is 534 g/mol. The third kappa shape index (κ3) is 4.46. The normalized spacial score (nSPS) is 37.5. The molecule has 9 atom stereocenters. The van der Waals surface area contributed by atoms with Crippen LogP contribution in [0.1, 0.15) is 104 Å². The van der Waals surface area contributed by atoms with E-state index in [2.05, 4.69) is 75.1 Å². The van der Waals surface area contributed by atoms with Crippen LogP contribution < -0.4 is 4.90 Å². The van der Waals surface area contributed by atoms with E-state index < -0.39 is 0 Å². The van der Waals surface area contributed by atoms with Crippen LogP contribution in [0, 0.1) is 47.3 Å². The number of aromatic nitrogens is 2. The van der Waals surface area contributed by atoms with Gasteiger partial charge in [-0.1, -0.05) is 51.3 Å². The molecule has 5 heteroatoms. The Labute approximate surface area is 235 Å². The molecule has 0 aliphatic heterocycles. The summed E-state index contributed by atoms with van der Waals surface area (Å²) < 4.78 is 5.07. The Morgan fingerprint density at radius 3 is 2.64 bits per heavy atom. The topological polar surface area (TPSA) is 62.4 Å². The molecule has 6 rings (SSSR count). The molecule has 0 bridgehead atoms. The van der Waals surface area contributed by atoms with Crippen molar-refractivity contribution in [2.75, 3.05) is 11.9 Å². The minimum atomic E-state index is -0.105. The van der Waals surface area contributed by atoms with Gasteiger partial charge < -0.3 is 10.0 Å². The van der Waals surface area contributed by atoms with Gasteiger partial charge in [0.25, 0.3) is 0 Å². The quantitative estimate of drug-likeness (QED) is 0.364. The lowest BCUT2D eigenvalue weighted by molar-refractivity contribution is -0.0572. The van der Waals surface area contributed by atoms with Gasteiger partial charge in [-0.25, -0.2) is 4.63 Å². The highest BCUT2D eigenvalue weighted by atomic mass is 16.6. The number of fused-ring (bicyclic) bond motifs is 6. The smallest absolute Gasteiger partial charge is 0.158 e. The maximum atomic E-state index is 10.3.